The molecule has 2 aliphatic heterocycles. The maximum absolute atomic E-state index is 15.3. The number of hydrogen-bond donors (Lipinski definition) is 3. The molecule has 3 N–H and O–H groups in total. The van der Waals surface area contributed by atoms with Crippen LogP contribution in [0.5, 0.6) is 0 Å². The number of nitrogens with zero attached hydrogens (tertiary/aromatic N) is 8. The van der Waals surface area contributed by atoms with Crippen molar-refractivity contribution in [1.29, 1.82) is 0 Å². The van der Waals surface area contributed by atoms with Gasteiger partial charge in [-0.3, -0.25) is 52.7 Å². The molecule has 2 fully saturated rings. The summed E-state index contributed by atoms with van der Waals surface area (Å²) in [7, 11) is 9.68. The zero-order valence-electron chi connectivity index (χ0n) is 55.8. The minimum Gasteiger partial charge on any atom is -0.351 e. The summed E-state index contributed by atoms with van der Waals surface area (Å²) in [6.45, 7) is 8.61. The molecular weight excluding hydrogens is 1230 g/mol. The Kier molecular flexibility index (Phi) is 27.8. The van der Waals surface area contributed by atoms with E-state index in [-0.39, 0.29) is 57.4 Å². The highest BCUT2D eigenvalue weighted by molar-refractivity contribution is 6.30. The molecule has 0 aliphatic carbocycles. The molecule has 3 aromatic carbocycles. The number of fused-ring (bicyclic) bond motifs is 1. The number of carbonyl (C=O) groups excluding carboxylic acids is 11. The number of rotatable bonds is 11. The second-order valence-electron chi connectivity index (χ2n) is 25.3. The zero-order valence-corrected chi connectivity index (χ0v) is 56.5. The minimum atomic E-state index is -4.63. The Labute approximate surface area is 549 Å². The monoisotopic (exact) mass is 1320 g/mol. The maximum Gasteiger partial charge on any atom is 0.416 e. The number of carbonyl (C=O) groups is 11. The quantitative estimate of drug-likeness (QED) is 0.235. The van der Waals surface area contributed by atoms with Crippen molar-refractivity contribution in [1.82, 2.24) is 55.1 Å². The van der Waals surface area contributed by atoms with E-state index in [0.29, 0.717) is 41.0 Å². The zero-order chi connectivity index (χ0) is 69.3. The van der Waals surface area contributed by atoms with Crippen LogP contribution in [0.4, 0.5) is 13.2 Å². The average molecular weight is 1320 g/mol. The summed E-state index contributed by atoms with van der Waals surface area (Å²) in [5.41, 5.74) is 0.729. The first-order valence-corrected chi connectivity index (χ1v) is 32.0. The lowest BCUT2D eigenvalue weighted by Gasteiger charge is -2.41. The second kappa shape index (κ2) is 34.2. The fraction of sp³-hybridized carbons (Fsp3) is 0.567. The van der Waals surface area contributed by atoms with Gasteiger partial charge in [-0.25, -0.2) is 0 Å². The van der Waals surface area contributed by atoms with E-state index in [1.165, 1.54) is 88.0 Å². The number of halogens is 4. The number of alkyl halides is 3. The largest absolute Gasteiger partial charge is 0.416 e. The lowest BCUT2D eigenvalue weighted by atomic mass is 9.95. The molecule has 0 radical (unpaired) electrons. The lowest BCUT2D eigenvalue weighted by Crippen LogP contribution is -2.61. The first-order valence-electron chi connectivity index (χ1n) is 31.6. The lowest BCUT2D eigenvalue weighted by molar-refractivity contribution is -0.154. The summed E-state index contributed by atoms with van der Waals surface area (Å²) in [4.78, 5) is 169. The van der Waals surface area contributed by atoms with Crippen LogP contribution in [0.1, 0.15) is 109 Å². The fourth-order valence-corrected chi connectivity index (χ4v) is 11.5. The van der Waals surface area contributed by atoms with Crippen LogP contribution in [0.15, 0.2) is 78.9 Å². The van der Waals surface area contributed by atoms with Crippen LogP contribution in [0.3, 0.4) is 0 Å². The first kappa shape index (κ1) is 75.6. The molecule has 0 aromatic heterocycles. The van der Waals surface area contributed by atoms with Gasteiger partial charge in [0.2, 0.25) is 65.0 Å². The van der Waals surface area contributed by atoms with Gasteiger partial charge < -0.3 is 55.1 Å². The Morgan fingerprint density at radius 3 is 1.71 bits per heavy atom. The number of likely N-dealkylation sites (N-methyl/N-ethyl adjacent to an activating group) is 7. The third-order valence-electron chi connectivity index (χ3n) is 17.7. The molecule has 0 spiro atoms. The SMILES string of the molecule is CC[C@H](C)[C@@H]1NC(=O)[C@H](C)N(C)C(=O)C[C@@H](C)NC(=O)[C@H](CC(C)C)N(C)C(=O)[C@H](Cc2ccccc2)N(C)C(=O)[C@@H]2CCCCN2C(=O)[C@H](CCc2ccc(C(F)(F)F)cc2)NC(=O)CN(C)C(=O)[C@H](Cc2ccc(Cl)cc2)N(C)C(=O)CN(C)C(=O)CN(C)C1=O. The predicted molar refractivity (Wildman–Crippen MR) is 344 cm³/mol. The van der Waals surface area contributed by atoms with Crippen LogP contribution in [-0.2, 0) is 78.2 Å². The van der Waals surface area contributed by atoms with Crippen LogP contribution in [-0.4, -0.2) is 228 Å². The standard InChI is InChI=1S/C67H93ClF3N11O11/c1-14-42(4)59-66(93)77(9)39-57(85)75(7)40-58(86)79(11)53(37-47-25-30-49(68)31-26-47)63(90)76(8)38-55(83)73-50(32-27-45-23-28-48(29-24-45)67(69,70)71)62(89)82-33-19-18-22-51(82)64(91)81(13)54(36-46-20-16-15-17-21-46)65(92)80(12)52(34-41(2)3)61(88)72-43(5)35-56(84)78(10)44(6)60(87)74-59/h15-17,20-21,23-26,28-31,41-44,50-54,59H,14,18-19,22,27,32-40H2,1-13H3,(H,72,88)(H,73,83)(H,74,87)/t42-,43+,44-,50-,51-,52-,53-,54-,59-/m0/s1. The molecule has 2 heterocycles. The summed E-state index contributed by atoms with van der Waals surface area (Å²) in [6.07, 6.45) is -3.59. The molecule has 510 valence electrons. The molecule has 2 aliphatic rings. The van der Waals surface area contributed by atoms with Gasteiger partial charge in [0.15, 0.2) is 0 Å². The predicted octanol–water partition coefficient (Wildman–Crippen LogP) is 4.83. The van der Waals surface area contributed by atoms with Gasteiger partial charge in [-0.15, -0.1) is 0 Å². The van der Waals surface area contributed by atoms with E-state index in [1.807, 2.05) is 20.8 Å². The van der Waals surface area contributed by atoms with Crippen molar-refractivity contribution in [3.05, 3.63) is 106 Å². The van der Waals surface area contributed by atoms with E-state index in [1.54, 1.807) is 68.4 Å². The van der Waals surface area contributed by atoms with Gasteiger partial charge in [-0.2, -0.15) is 13.2 Å². The second-order valence-corrected chi connectivity index (χ2v) is 25.7. The van der Waals surface area contributed by atoms with Gasteiger partial charge in [0.25, 0.3) is 0 Å². The van der Waals surface area contributed by atoms with Gasteiger partial charge >= 0.3 is 6.18 Å². The molecule has 0 unspecified atom stereocenters. The molecule has 2 saturated heterocycles. The number of piperidine rings is 1. The molecule has 3 aromatic rings. The normalized spacial score (nSPS) is 24.3. The highest BCUT2D eigenvalue weighted by atomic mass is 35.5. The van der Waals surface area contributed by atoms with Gasteiger partial charge in [-0.1, -0.05) is 100 Å². The molecule has 93 heavy (non-hydrogen) atoms. The van der Waals surface area contributed by atoms with E-state index < -0.39 is 151 Å². The van der Waals surface area contributed by atoms with E-state index >= 15 is 14.4 Å². The molecule has 0 bridgehead atoms. The summed E-state index contributed by atoms with van der Waals surface area (Å²) < 4.78 is 41.0. The number of amides is 11. The number of nitrogens with one attached hydrogen (secondary N) is 3. The molecule has 26 heteroatoms. The fourth-order valence-electron chi connectivity index (χ4n) is 11.4. The van der Waals surface area contributed by atoms with Crippen molar-refractivity contribution in [2.75, 3.05) is 75.5 Å². The smallest absolute Gasteiger partial charge is 0.351 e. The van der Waals surface area contributed by atoms with E-state index in [0.717, 1.165) is 31.7 Å². The highest BCUT2D eigenvalue weighted by Gasteiger charge is 2.43. The van der Waals surface area contributed by atoms with Crippen LogP contribution < -0.4 is 16.0 Å². The summed E-state index contributed by atoms with van der Waals surface area (Å²) >= 11 is 6.21. The Balaban J connectivity index is 1.59. The van der Waals surface area contributed by atoms with Crippen molar-refractivity contribution < 1.29 is 65.9 Å². The van der Waals surface area contributed by atoms with Crippen molar-refractivity contribution in [2.24, 2.45) is 11.8 Å². The average Bonchev–Trinajstić information content (AvgIpc) is 0.827. The van der Waals surface area contributed by atoms with Crippen LogP contribution >= 0.6 is 11.6 Å². The van der Waals surface area contributed by atoms with Crippen molar-refractivity contribution in [2.45, 2.75) is 160 Å². The molecule has 11 amide bonds. The van der Waals surface area contributed by atoms with E-state index in [4.69, 9.17) is 11.6 Å². The third kappa shape index (κ3) is 21.0. The van der Waals surface area contributed by atoms with Gasteiger partial charge in [-0.05, 0) is 105 Å². The summed E-state index contributed by atoms with van der Waals surface area (Å²) in [5.74, 6) is -7.96. The van der Waals surface area contributed by atoms with Crippen LogP contribution in [0.25, 0.3) is 0 Å². The van der Waals surface area contributed by atoms with Gasteiger partial charge in [0, 0.05) is 86.2 Å². The molecule has 22 nitrogen and oxygen atoms in total. The maximum atomic E-state index is 15.3. The summed E-state index contributed by atoms with van der Waals surface area (Å²) in [6, 6.07) is 10.3. The van der Waals surface area contributed by atoms with E-state index in [9.17, 15) is 51.5 Å². The molecule has 5 rings (SSSR count). The topological polar surface area (TPSA) is 250 Å². The van der Waals surface area contributed by atoms with E-state index in [2.05, 4.69) is 16.0 Å². The van der Waals surface area contributed by atoms with Gasteiger partial charge in [0.05, 0.1) is 25.2 Å². The third-order valence-corrected chi connectivity index (χ3v) is 17.9. The molecule has 9 atom stereocenters. The minimum absolute atomic E-state index is 0.0197. The van der Waals surface area contributed by atoms with Crippen molar-refractivity contribution in [3.63, 3.8) is 0 Å². The Bertz CT molecular complexity index is 3120. The molecule has 0 saturated carbocycles. The molecular formula is C67H93ClF3N11O11. The van der Waals surface area contributed by atoms with Crippen molar-refractivity contribution in [3.8, 4) is 0 Å². The number of benzene rings is 3. The Morgan fingerprint density at radius 1 is 0.559 bits per heavy atom. The summed E-state index contributed by atoms with van der Waals surface area (Å²) in [5, 5.41) is 8.80. The Morgan fingerprint density at radius 2 is 1.12 bits per heavy atom. The highest BCUT2D eigenvalue weighted by Crippen LogP contribution is 2.30. The first-order chi connectivity index (χ1) is 43.6. The van der Waals surface area contributed by atoms with Crippen molar-refractivity contribution >= 4 is 76.6 Å². The number of hydrogen-bond acceptors (Lipinski definition) is 11. The number of aryl methyl sites for hydroxylation is 1. The van der Waals surface area contributed by atoms with Crippen LogP contribution in [0.2, 0.25) is 5.02 Å². The van der Waals surface area contributed by atoms with Crippen LogP contribution in [0, 0.1) is 11.8 Å². The van der Waals surface area contributed by atoms with Gasteiger partial charge in [0.1, 0.15) is 42.3 Å². The Hall–Kier alpha value is -8.09.